The van der Waals surface area contributed by atoms with Crippen LogP contribution in [0.4, 0.5) is 31.1 Å². The highest BCUT2D eigenvalue weighted by Crippen LogP contribution is 2.50. The fraction of sp³-hybridized carbons (Fsp3) is 0.480. The number of alkyl halides is 6. The van der Waals surface area contributed by atoms with Gasteiger partial charge in [-0.2, -0.15) is 26.3 Å². The van der Waals surface area contributed by atoms with Crippen LogP contribution in [0, 0.1) is 0 Å². The molecule has 1 amide bonds. The molecule has 2 N–H and O–H groups in total. The second-order valence-corrected chi connectivity index (χ2v) is 8.93. The summed E-state index contributed by atoms with van der Waals surface area (Å²) in [7, 11) is 0.730. The Kier molecular flexibility index (Phi) is 8.51. The average molecular weight is 564 g/mol. The van der Waals surface area contributed by atoms with Gasteiger partial charge in [0, 0.05) is 12.0 Å². The lowest BCUT2D eigenvalue weighted by Crippen LogP contribution is -2.65. The van der Waals surface area contributed by atoms with Crippen molar-refractivity contribution in [1.82, 2.24) is 4.90 Å². The van der Waals surface area contributed by atoms with E-state index in [2.05, 4.69) is 9.73 Å². The topological polar surface area (TPSA) is 109 Å². The standard InChI is InChI=1S/C25H26F6N2O6/c1-4-39-21(36)23(12-13(2)32-18-11-14(20(34)35)9-10-17(18)23)33(22(37)38-3)19(25(29,30)31)15-7-5-6-8-16(15)24(26,27)28/h5-8,10-11,13,19-20,34-35H,4,9,12H2,1-3H3. The van der Waals surface area contributed by atoms with Crippen molar-refractivity contribution in [2.75, 3.05) is 13.7 Å². The van der Waals surface area contributed by atoms with Gasteiger partial charge in [-0.25, -0.2) is 9.59 Å². The van der Waals surface area contributed by atoms with Crippen molar-refractivity contribution >= 4 is 17.8 Å². The number of carbonyl (C=O) groups excluding carboxylic acids is 2. The molecule has 3 atom stereocenters. The van der Waals surface area contributed by atoms with Crippen LogP contribution in [0.2, 0.25) is 0 Å². The quantitative estimate of drug-likeness (QED) is 0.300. The molecular weight excluding hydrogens is 538 g/mol. The minimum Gasteiger partial charge on any atom is -0.464 e. The van der Waals surface area contributed by atoms with Gasteiger partial charge in [-0.05, 0) is 43.5 Å². The molecule has 0 spiro atoms. The molecule has 1 aliphatic heterocycles. The van der Waals surface area contributed by atoms with Crippen LogP contribution in [0.5, 0.6) is 0 Å². The van der Waals surface area contributed by atoms with Crippen LogP contribution in [0.25, 0.3) is 0 Å². The first-order valence-electron chi connectivity index (χ1n) is 11.7. The first kappa shape index (κ1) is 30.2. The fourth-order valence-corrected chi connectivity index (χ4v) is 4.93. The lowest BCUT2D eigenvalue weighted by Gasteiger charge is -2.49. The molecule has 0 saturated carbocycles. The van der Waals surface area contributed by atoms with Crippen LogP contribution in [-0.2, 0) is 20.4 Å². The summed E-state index contributed by atoms with van der Waals surface area (Å²) in [5.41, 5.74) is -6.09. The molecule has 0 aromatic heterocycles. The number of carbonyl (C=O) groups is 2. The molecule has 0 radical (unpaired) electrons. The van der Waals surface area contributed by atoms with Crippen LogP contribution in [-0.4, -0.2) is 70.7 Å². The predicted molar refractivity (Wildman–Crippen MR) is 124 cm³/mol. The van der Waals surface area contributed by atoms with Gasteiger partial charge in [0.05, 0.1) is 31.0 Å². The van der Waals surface area contributed by atoms with E-state index in [0.717, 1.165) is 25.3 Å². The van der Waals surface area contributed by atoms with Crippen molar-refractivity contribution in [3.8, 4) is 0 Å². The van der Waals surface area contributed by atoms with E-state index in [0.29, 0.717) is 12.1 Å². The summed E-state index contributed by atoms with van der Waals surface area (Å²) >= 11 is 0. The van der Waals surface area contributed by atoms with Gasteiger partial charge in [0.1, 0.15) is 0 Å². The SMILES string of the molecule is CCOC(=O)C1(N(C(=O)OC)C(c2ccccc2C(F)(F)F)C(F)(F)F)CC(C)N=C2C=C(C(O)O)CC=C21. The highest BCUT2D eigenvalue weighted by atomic mass is 19.4. The smallest absolute Gasteiger partial charge is 0.416 e. The first-order chi connectivity index (χ1) is 18.1. The molecule has 0 bridgehead atoms. The zero-order chi connectivity index (χ0) is 29.3. The number of methoxy groups -OCH3 is 1. The van der Waals surface area contributed by atoms with Crippen molar-refractivity contribution in [2.24, 2.45) is 4.99 Å². The van der Waals surface area contributed by atoms with E-state index in [-0.39, 0.29) is 34.8 Å². The van der Waals surface area contributed by atoms with Crippen LogP contribution in [0.15, 0.2) is 52.6 Å². The molecule has 0 fully saturated rings. The molecule has 3 unspecified atom stereocenters. The van der Waals surface area contributed by atoms with Gasteiger partial charge in [-0.15, -0.1) is 0 Å². The van der Waals surface area contributed by atoms with Gasteiger partial charge in [0.25, 0.3) is 0 Å². The van der Waals surface area contributed by atoms with E-state index in [1.807, 2.05) is 0 Å². The number of esters is 1. The number of aliphatic hydroxyl groups excluding tert-OH is 1. The molecule has 2 aliphatic rings. The Morgan fingerprint density at radius 1 is 1.18 bits per heavy atom. The first-order valence-corrected chi connectivity index (χ1v) is 11.7. The van der Waals surface area contributed by atoms with E-state index in [9.17, 15) is 46.1 Å². The van der Waals surface area contributed by atoms with Crippen molar-refractivity contribution < 1.29 is 55.6 Å². The van der Waals surface area contributed by atoms with E-state index in [4.69, 9.17) is 4.74 Å². The Morgan fingerprint density at radius 3 is 2.36 bits per heavy atom. The minimum absolute atomic E-state index is 0.0104. The monoisotopic (exact) mass is 564 g/mol. The number of fused-ring (bicyclic) bond motifs is 1. The third-order valence-corrected chi connectivity index (χ3v) is 6.39. The Hall–Kier alpha value is -3.39. The van der Waals surface area contributed by atoms with Gasteiger partial charge in [-0.1, -0.05) is 24.3 Å². The number of ether oxygens (including phenoxy) is 2. The van der Waals surface area contributed by atoms with Crippen LogP contribution < -0.4 is 0 Å². The Labute approximate surface area is 219 Å². The van der Waals surface area contributed by atoms with Crippen LogP contribution >= 0.6 is 0 Å². The third-order valence-electron chi connectivity index (χ3n) is 6.39. The summed E-state index contributed by atoms with van der Waals surface area (Å²) < 4.78 is 96.2. The summed E-state index contributed by atoms with van der Waals surface area (Å²) in [6, 6.07) is -1.42. The Balaban J connectivity index is 2.43. The maximum atomic E-state index is 14.9. The van der Waals surface area contributed by atoms with E-state index in [1.165, 1.54) is 19.9 Å². The number of allylic oxidation sites excluding steroid dienone is 2. The average Bonchev–Trinajstić information content (AvgIpc) is 2.84. The lowest BCUT2D eigenvalue weighted by molar-refractivity contribution is -0.201. The van der Waals surface area contributed by atoms with E-state index < -0.39 is 65.9 Å². The summed E-state index contributed by atoms with van der Waals surface area (Å²) in [5.74, 6) is -1.35. The maximum Gasteiger partial charge on any atom is 0.416 e. The van der Waals surface area contributed by atoms with Crippen molar-refractivity contribution in [3.63, 3.8) is 0 Å². The highest BCUT2D eigenvalue weighted by molar-refractivity contribution is 6.16. The molecule has 3 rings (SSSR count). The number of hydrogen-bond acceptors (Lipinski definition) is 7. The number of nitrogens with zero attached hydrogens (tertiary/aromatic N) is 2. The van der Waals surface area contributed by atoms with Gasteiger partial charge in [0.2, 0.25) is 0 Å². The van der Waals surface area contributed by atoms with Gasteiger partial charge in [0.15, 0.2) is 17.9 Å². The minimum atomic E-state index is -5.54. The molecular formula is C25H26F6N2O6. The predicted octanol–water partition coefficient (Wildman–Crippen LogP) is 4.48. The number of halogens is 6. The molecule has 14 heteroatoms. The van der Waals surface area contributed by atoms with E-state index >= 15 is 0 Å². The molecule has 8 nitrogen and oxygen atoms in total. The van der Waals surface area contributed by atoms with E-state index in [1.54, 1.807) is 0 Å². The zero-order valence-electron chi connectivity index (χ0n) is 21.0. The third kappa shape index (κ3) is 5.66. The molecule has 1 aliphatic carbocycles. The van der Waals surface area contributed by atoms with Crippen LogP contribution in [0.3, 0.4) is 0 Å². The number of aliphatic hydroxyl groups is 2. The van der Waals surface area contributed by atoms with Crippen LogP contribution in [0.1, 0.15) is 43.9 Å². The van der Waals surface area contributed by atoms with Gasteiger partial charge in [-0.3, -0.25) is 9.89 Å². The summed E-state index contributed by atoms with van der Waals surface area (Å²) in [6.07, 6.45) is -13.0. The summed E-state index contributed by atoms with van der Waals surface area (Å²) in [5, 5.41) is 19.2. The highest BCUT2D eigenvalue weighted by Gasteiger charge is 2.63. The second kappa shape index (κ2) is 11.0. The summed E-state index contributed by atoms with van der Waals surface area (Å²) in [6.45, 7) is 2.44. The van der Waals surface area contributed by atoms with Gasteiger partial charge < -0.3 is 19.7 Å². The summed E-state index contributed by atoms with van der Waals surface area (Å²) in [4.78, 5) is 31.2. The molecule has 1 aromatic rings. The van der Waals surface area contributed by atoms with Crippen molar-refractivity contribution in [1.29, 1.82) is 0 Å². The number of rotatable bonds is 6. The number of hydrogen-bond donors (Lipinski definition) is 2. The zero-order valence-corrected chi connectivity index (χ0v) is 21.0. The molecule has 0 saturated heterocycles. The number of amides is 1. The second-order valence-electron chi connectivity index (χ2n) is 8.93. The number of benzene rings is 1. The molecule has 214 valence electrons. The Bertz CT molecular complexity index is 1210. The number of aliphatic imine (C=N–C) groups is 1. The van der Waals surface area contributed by atoms with Gasteiger partial charge >= 0.3 is 24.4 Å². The lowest BCUT2D eigenvalue weighted by atomic mass is 9.73. The maximum absolute atomic E-state index is 14.9. The normalized spacial score (nSPS) is 22.3. The largest absolute Gasteiger partial charge is 0.464 e. The van der Waals surface area contributed by atoms with Crippen molar-refractivity contribution in [2.45, 2.75) is 63.0 Å². The molecule has 1 heterocycles. The molecule has 1 aromatic carbocycles. The van der Waals surface area contributed by atoms with Crippen molar-refractivity contribution in [3.05, 3.63) is 58.7 Å². The Morgan fingerprint density at radius 2 is 1.82 bits per heavy atom. The fourth-order valence-electron chi connectivity index (χ4n) is 4.93. The molecule has 39 heavy (non-hydrogen) atoms.